The number of aromatic nitrogens is 2. The van der Waals surface area contributed by atoms with Crippen LogP contribution < -0.4 is 11.2 Å². The number of nitrogens with two attached hydrogens (primary N) is 1. The van der Waals surface area contributed by atoms with Gasteiger partial charge in [0.15, 0.2) is 16.4 Å². The molecule has 11 heteroatoms. The van der Waals surface area contributed by atoms with E-state index in [2.05, 4.69) is 14.4 Å². The third kappa shape index (κ3) is 5.41. The monoisotopic (exact) mass is 491 g/mol. The van der Waals surface area contributed by atoms with Gasteiger partial charge >= 0.3 is 0 Å². The highest BCUT2D eigenvalue weighted by molar-refractivity contribution is 8.16. The Bertz CT molecular complexity index is 1340. The van der Waals surface area contributed by atoms with Gasteiger partial charge in [0, 0.05) is 25.2 Å². The Hall–Kier alpha value is -2.79. The topological polar surface area (TPSA) is 120 Å². The molecule has 0 spiro atoms. The molecule has 0 fully saturated rings. The number of carbonyl (C=O) groups is 1. The molecule has 1 atom stereocenters. The standard InChI is InChI=1S/C22H26FN5O3S2/c1-21(2,3)33(30,31)27-19-12-25-17(13-28(19)5)18(29)11-14-6-7-16(23)15(10-14)22(4)8-9-32-20(24)26-22/h6-10,12-13H,11H2,1-5H3,(H2,24,26)/b27-19+/t22-/m0/s1. The Balaban J connectivity index is 1.89. The van der Waals surface area contributed by atoms with Crippen LogP contribution in [-0.4, -0.2) is 33.7 Å². The molecule has 0 amide bonds. The van der Waals surface area contributed by atoms with Crippen molar-refractivity contribution in [2.75, 3.05) is 0 Å². The lowest BCUT2D eigenvalue weighted by atomic mass is 9.90. The number of thioether (sulfide) groups is 1. The average molecular weight is 492 g/mol. The van der Waals surface area contributed by atoms with Crippen LogP contribution in [0.25, 0.3) is 0 Å². The molecule has 0 bridgehead atoms. The first-order chi connectivity index (χ1) is 15.2. The van der Waals surface area contributed by atoms with Gasteiger partial charge in [-0.1, -0.05) is 17.8 Å². The number of halogens is 1. The summed E-state index contributed by atoms with van der Waals surface area (Å²) in [7, 11) is -2.18. The highest BCUT2D eigenvalue weighted by Gasteiger charge is 2.30. The van der Waals surface area contributed by atoms with E-state index in [-0.39, 0.29) is 23.4 Å². The number of ketones is 1. The smallest absolute Gasteiger partial charge is 0.260 e. The van der Waals surface area contributed by atoms with Crippen LogP contribution in [0.3, 0.4) is 0 Å². The minimum absolute atomic E-state index is 0.0230. The Labute approximate surface area is 196 Å². The third-order valence-corrected chi connectivity index (χ3v) is 7.71. The van der Waals surface area contributed by atoms with Crippen LogP contribution in [0.5, 0.6) is 0 Å². The van der Waals surface area contributed by atoms with Crippen LogP contribution in [-0.2, 0) is 29.0 Å². The van der Waals surface area contributed by atoms with E-state index in [1.807, 2.05) is 0 Å². The van der Waals surface area contributed by atoms with Crippen LogP contribution in [0.4, 0.5) is 4.39 Å². The van der Waals surface area contributed by atoms with Crippen LogP contribution >= 0.6 is 11.8 Å². The summed E-state index contributed by atoms with van der Waals surface area (Å²) in [4.78, 5) is 21.3. The predicted molar refractivity (Wildman–Crippen MR) is 128 cm³/mol. The molecule has 1 aliphatic heterocycles. The van der Waals surface area contributed by atoms with Gasteiger partial charge in [-0.3, -0.25) is 4.79 Å². The van der Waals surface area contributed by atoms with Gasteiger partial charge in [-0.15, -0.1) is 4.40 Å². The second-order valence-corrected chi connectivity index (χ2v) is 12.1. The summed E-state index contributed by atoms with van der Waals surface area (Å²) in [6, 6.07) is 4.44. The van der Waals surface area contributed by atoms with Gasteiger partial charge in [0.25, 0.3) is 10.0 Å². The molecule has 1 aromatic heterocycles. The van der Waals surface area contributed by atoms with Crippen molar-refractivity contribution >= 4 is 32.7 Å². The highest BCUT2D eigenvalue weighted by Crippen LogP contribution is 2.34. The SMILES string of the molecule is Cn1cc(C(=O)Cc2ccc(F)c([C@]3(C)C=CSC(N)=N3)c2)nc/c1=N\S(=O)(=O)C(C)(C)C. The zero-order valence-electron chi connectivity index (χ0n) is 19.0. The minimum Gasteiger partial charge on any atom is -0.378 e. The zero-order chi connectivity index (χ0) is 24.6. The van der Waals surface area contributed by atoms with Gasteiger partial charge in [-0.2, -0.15) is 0 Å². The number of rotatable bonds is 5. The van der Waals surface area contributed by atoms with E-state index in [1.54, 1.807) is 52.3 Å². The molecule has 2 aromatic rings. The Kier molecular flexibility index (Phi) is 6.67. The van der Waals surface area contributed by atoms with Gasteiger partial charge in [-0.05, 0) is 56.9 Å². The van der Waals surface area contributed by atoms with Gasteiger partial charge in [0.1, 0.15) is 17.1 Å². The fourth-order valence-electron chi connectivity index (χ4n) is 3.02. The fraction of sp³-hybridized carbons (Fsp3) is 0.364. The molecule has 0 aliphatic carbocycles. The number of carbonyl (C=O) groups excluding carboxylic acids is 1. The molecule has 3 rings (SSSR count). The van der Waals surface area contributed by atoms with Crippen molar-refractivity contribution in [3.63, 3.8) is 0 Å². The normalized spacial score (nSPS) is 19.5. The van der Waals surface area contributed by atoms with E-state index >= 15 is 0 Å². The molecule has 1 aliphatic rings. The minimum atomic E-state index is -3.77. The quantitative estimate of drug-likeness (QED) is 0.642. The number of hydrogen-bond acceptors (Lipinski definition) is 7. The Morgan fingerprint density at radius 1 is 1.33 bits per heavy atom. The van der Waals surface area contributed by atoms with E-state index < -0.39 is 26.1 Å². The van der Waals surface area contributed by atoms with Gasteiger partial charge in [0.2, 0.25) is 0 Å². The first-order valence-corrected chi connectivity index (χ1v) is 12.4. The largest absolute Gasteiger partial charge is 0.378 e. The molecule has 2 heterocycles. The summed E-state index contributed by atoms with van der Waals surface area (Å²) in [6.07, 6.45) is 4.41. The molecule has 176 valence electrons. The molecule has 2 N–H and O–H groups in total. The summed E-state index contributed by atoms with van der Waals surface area (Å²) >= 11 is 1.25. The molecule has 33 heavy (non-hydrogen) atoms. The first-order valence-electron chi connectivity index (χ1n) is 10.1. The van der Waals surface area contributed by atoms with Crippen molar-refractivity contribution in [2.24, 2.45) is 22.2 Å². The summed E-state index contributed by atoms with van der Waals surface area (Å²) in [6.45, 7) is 6.40. The zero-order valence-corrected chi connectivity index (χ0v) is 20.7. The first kappa shape index (κ1) is 24.8. The van der Waals surface area contributed by atoms with E-state index in [4.69, 9.17) is 5.73 Å². The summed E-state index contributed by atoms with van der Waals surface area (Å²) in [5.41, 5.74) is 5.99. The Morgan fingerprint density at radius 2 is 2.03 bits per heavy atom. The Morgan fingerprint density at radius 3 is 2.64 bits per heavy atom. The molecule has 8 nitrogen and oxygen atoms in total. The maximum Gasteiger partial charge on any atom is 0.260 e. The summed E-state index contributed by atoms with van der Waals surface area (Å²) in [5, 5.41) is 2.09. The van der Waals surface area contributed by atoms with Crippen molar-refractivity contribution in [2.45, 2.75) is 44.4 Å². The van der Waals surface area contributed by atoms with Gasteiger partial charge < -0.3 is 10.3 Å². The number of Topliss-reactive ketones (excluding diaryl/α,β-unsaturated/α-hetero) is 1. The van der Waals surface area contributed by atoms with Gasteiger partial charge in [0.05, 0.1) is 10.9 Å². The maximum absolute atomic E-state index is 14.6. The molecule has 1 aromatic carbocycles. The van der Waals surface area contributed by atoms with Crippen LogP contribution in [0, 0.1) is 5.82 Å². The number of hydrogen-bond donors (Lipinski definition) is 1. The van der Waals surface area contributed by atoms with Crippen LogP contribution in [0.1, 0.15) is 49.3 Å². The molecular weight excluding hydrogens is 465 g/mol. The highest BCUT2D eigenvalue weighted by atomic mass is 32.2. The lowest BCUT2D eigenvalue weighted by Crippen LogP contribution is -2.30. The molecule has 0 saturated carbocycles. The molecule has 0 unspecified atom stereocenters. The number of benzene rings is 1. The second kappa shape index (κ2) is 8.86. The van der Waals surface area contributed by atoms with Crippen molar-refractivity contribution in [1.82, 2.24) is 9.55 Å². The van der Waals surface area contributed by atoms with E-state index in [0.29, 0.717) is 16.3 Å². The van der Waals surface area contributed by atoms with Crippen molar-refractivity contribution in [1.29, 1.82) is 0 Å². The number of aliphatic imine (C=N–C) groups is 1. The number of aryl methyl sites for hydroxylation is 1. The van der Waals surface area contributed by atoms with Crippen molar-refractivity contribution in [3.8, 4) is 0 Å². The van der Waals surface area contributed by atoms with Crippen molar-refractivity contribution < 1.29 is 17.6 Å². The average Bonchev–Trinajstić information content (AvgIpc) is 2.69. The molecular formula is C22H26FN5O3S2. The second-order valence-electron chi connectivity index (χ2n) is 8.85. The number of amidine groups is 1. The van der Waals surface area contributed by atoms with Crippen LogP contribution in [0.15, 0.2) is 51.5 Å². The number of sulfonamides is 1. The summed E-state index contributed by atoms with van der Waals surface area (Å²) in [5.74, 6) is -0.756. The van der Waals surface area contributed by atoms with E-state index in [1.165, 1.54) is 40.9 Å². The summed E-state index contributed by atoms with van der Waals surface area (Å²) < 4.78 is 43.5. The maximum atomic E-state index is 14.6. The van der Waals surface area contributed by atoms with Crippen LogP contribution in [0.2, 0.25) is 0 Å². The van der Waals surface area contributed by atoms with E-state index in [0.717, 1.165) is 0 Å². The van der Waals surface area contributed by atoms with Crippen molar-refractivity contribution in [3.05, 3.63) is 70.2 Å². The lowest BCUT2D eigenvalue weighted by molar-refractivity contribution is 0.0987. The predicted octanol–water partition coefficient (Wildman–Crippen LogP) is 2.80. The van der Waals surface area contributed by atoms with E-state index in [9.17, 15) is 17.6 Å². The lowest BCUT2D eigenvalue weighted by Gasteiger charge is -2.26. The number of nitrogens with zero attached hydrogens (tertiary/aromatic N) is 4. The molecule has 0 saturated heterocycles. The third-order valence-electron chi connectivity index (χ3n) is 5.13. The molecule has 0 radical (unpaired) electrons. The van der Waals surface area contributed by atoms with Gasteiger partial charge in [-0.25, -0.2) is 22.8 Å². The fourth-order valence-corrected chi connectivity index (χ4v) is 4.43.